The van der Waals surface area contributed by atoms with Gasteiger partial charge in [-0.3, -0.25) is 14.8 Å². The van der Waals surface area contributed by atoms with Crippen molar-refractivity contribution in [2.24, 2.45) is 0 Å². The number of halogens is 1. The van der Waals surface area contributed by atoms with Crippen LogP contribution in [0.2, 0.25) is 0 Å². The molecule has 0 fully saturated rings. The Morgan fingerprint density at radius 3 is 2.71 bits per heavy atom. The molecule has 2 rings (SSSR count). The molecule has 1 N–H and O–H groups in total. The molecule has 0 bridgehead atoms. The zero-order valence-corrected chi connectivity index (χ0v) is 12.0. The van der Waals surface area contributed by atoms with E-state index in [2.05, 4.69) is 10.4 Å². The van der Waals surface area contributed by atoms with E-state index in [0.717, 1.165) is 30.4 Å². The molecule has 1 aromatic carbocycles. The van der Waals surface area contributed by atoms with E-state index in [1.165, 1.54) is 12.1 Å². The molecular formula is C14H17FN4O2. The smallest absolute Gasteiger partial charge is 0.272 e. The molecule has 0 amide bonds. The van der Waals surface area contributed by atoms with Crippen LogP contribution >= 0.6 is 0 Å². The van der Waals surface area contributed by atoms with Crippen LogP contribution in [-0.2, 0) is 6.54 Å². The van der Waals surface area contributed by atoms with Crippen molar-refractivity contribution >= 4 is 11.4 Å². The summed E-state index contributed by atoms with van der Waals surface area (Å²) in [4.78, 5) is 9.91. The third-order valence-corrected chi connectivity index (χ3v) is 3.13. The highest BCUT2D eigenvalue weighted by atomic mass is 19.1. The standard InChI is InChI=1S/C14H17FN4O2/c1-10-8-11(2)18(17-10)7-3-6-16-14-5-4-12(19(20)21)9-13(14)15/h4-5,8-9,16H,3,6-7H2,1-2H3. The first kappa shape index (κ1) is 15.0. The van der Waals surface area contributed by atoms with Crippen molar-refractivity contribution in [1.29, 1.82) is 0 Å². The molecule has 1 aromatic heterocycles. The van der Waals surface area contributed by atoms with Gasteiger partial charge in [0, 0.05) is 24.8 Å². The maximum absolute atomic E-state index is 13.6. The number of nitro benzene ring substituents is 1. The fourth-order valence-corrected chi connectivity index (χ4v) is 2.11. The number of anilines is 1. The number of nitro groups is 1. The number of benzene rings is 1. The number of rotatable bonds is 6. The fourth-order valence-electron chi connectivity index (χ4n) is 2.11. The highest BCUT2D eigenvalue weighted by molar-refractivity contribution is 5.49. The monoisotopic (exact) mass is 292 g/mol. The van der Waals surface area contributed by atoms with Gasteiger partial charge in [0.05, 0.1) is 22.4 Å². The Kier molecular flexibility index (Phi) is 4.52. The van der Waals surface area contributed by atoms with E-state index in [0.29, 0.717) is 6.54 Å². The highest BCUT2D eigenvalue weighted by Crippen LogP contribution is 2.20. The molecule has 0 aliphatic heterocycles. The van der Waals surface area contributed by atoms with Gasteiger partial charge >= 0.3 is 0 Å². The second kappa shape index (κ2) is 6.34. The average Bonchev–Trinajstić information content (AvgIpc) is 2.74. The lowest BCUT2D eigenvalue weighted by molar-refractivity contribution is -0.385. The van der Waals surface area contributed by atoms with Gasteiger partial charge in [-0.2, -0.15) is 5.10 Å². The molecular weight excluding hydrogens is 275 g/mol. The summed E-state index contributed by atoms with van der Waals surface area (Å²) >= 11 is 0. The van der Waals surface area contributed by atoms with Gasteiger partial charge in [0.1, 0.15) is 0 Å². The molecule has 0 spiro atoms. The van der Waals surface area contributed by atoms with E-state index in [1.807, 2.05) is 24.6 Å². The number of nitrogens with zero attached hydrogens (tertiary/aromatic N) is 3. The Balaban J connectivity index is 1.86. The van der Waals surface area contributed by atoms with Crippen LogP contribution in [0.3, 0.4) is 0 Å². The predicted octanol–water partition coefficient (Wildman–Crippen LogP) is 3.05. The fraction of sp³-hybridized carbons (Fsp3) is 0.357. The second-order valence-electron chi connectivity index (χ2n) is 4.85. The number of aryl methyl sites for hydroxylation is 3. The van der Waals surface area contributed by atoms with E-state index < -0.39 is 10.7 Å². The zero-order chi connectivity index (χ0) is 15.4. The maximum atomic E-state index is 13.6. The minimum absolute atomic E-state index is 0.249. The predicted molar refractivity (Wildman–Crippen MR) is 77.9 cm³/mol. The van der Waals surface area contributed by atoms with Crippen LogP contribution < -0.4 is 5.32 Å². The van der Waals surface area contributed by atoms with Crippen LogP contribution in [0.15, 0.2) is 24.3 Å². The van der Waals surface area contributed by atoms with Crippen LogP contribution in [-0.4, -0.2) is 21.2 Å². The van der Waals surface area contributed by atoms with Crippen molar-refractivity contribution in [3.05, 3.63) is 51.6 Å². The summed E-state index contributed by atoms with van der Waals surface area (Å²) in [5.41, 5.74) is 2.09. The summed E-state index contributed by atoms with van der Waals surface area (Å²) in [6.45, 7) is 5.23. The normalized spacial score (nSPS) is 10.6. The summed E-state index contributed by atoms with van der Waals surface area (Å²) in [7, 11) is 0. The quantitative estimate of drug-likeness (QED) is 0.504. The van der Waals surface area contributed by atoms with Crippen molar-refractivity contribution < 1.29 is 9.31 Å². The summed E-state index contributed by atoms with van der Waals surface area (Å²) in [6.07, 6.45) is 0.776. The lowest BCUT2D eigenvalue weighted by atomic mass is 10.2. The largest absolute Gasteiger partial charge is 0.383 e. The van der Waals surface area contributed by atoms with Crippen molar-refractivity contribution in [2.75, 3.05) is 11.9 Å². The van der Waals surface area contributed by atoms with Crippen LogP contribution in [0, 0.1) is 29.8 Å². The number of nitrogens with one attached hydrogen (secondary N) is 1. The minimum atomic E-state index is -0.615. The lowest BCUT2D eigenvalue weighted by Crippen LogP contribution is -2.09. The number of non-ortho nitro benzene ring substituents is 1. The van der Waals surface area contributed by atoms with E-state index >= 15 is 0 Å². The molecule has 2 aromatic rings. The van der Waals surface area contributed by atoms with E-state index in [1.54, 1.807) is 0 Å². The first-order chi connectivity index (χ1) is 9.97. The topological polar surface area (TPSA) is 73.0 Å². The van der Waals surface area contributed by atoms with Gasteiger partial charge in [0.25, 0.3) is 5.69 Å². The number of aromatic nitrogens is 2. The van der Waals surface area contributed by atoms with Gasteiger partial charge in [-0.15, -0.1) is 0 Å². The summed E-state index contributed by atoms with van der Waals surface area (Å²) in [5.74, 6) is -0.615. The third kappa shape index (κ3) is 3.77. The first-order valence-corrected chi connectivity index (χ1v) is 6.66. The second-order valence-corrected chi connectivity index (χ2v) is 4.85. The van der Waals surface area contributed by atoms with Crippen LogP contribution in [0.5, 0.6) is 0 Å². The lowest BCUT2D eigenvalue weighted by Gasteiger charge is -2.08. The Bertz CT molecular complexity index is 654. The Morgan fingerprint density at radius 2 is 2.14 bits per heavy atom. The van der Waals surface area contributed by atoms with E-state index in [4.69, 9.17) is 0 Å². The van der Waals surface area contributed by atoms with Crippen molar-refractivity contribution in [2.45, 2.75) is 26.8 Å². The molecule has 0 saturated heterocycles. The first-order valence-electron chi connectivity index (χ1n) is 6.66. The average molecular weight is 292 g/mol. The Hall–Kier alpha value is -2.44. The third-order valence-electron chi connectivity index (χ3n) is 3.13. The molecule has 21 heavy (non-hydrogen) atoms. The van der Waals surface area contributed by atoms with Crippen molar-refractivity contribution in [3.63, 3.8) is 0 Å². The Labute approximate surface area is 121 Å². The molecule has 1 heterocycles. The van der Waals surface area contributed by atoms with E-state index in [9.17, 15) is 14.5 Å². The van der Waals surface area contributed by atoms with Gasteiger partial charge < -0.3 is 5.32 Å². The number of hydrogen-bond acceptors (Lipinski definition) is 4. The minimum Gasteiger partial charge on any atom is -0.383 e. The molecule has 0 radical (unpaired) electrons. The van der Waals surface area contributed by atoms with Crippen LogP contribution in [0.4, 0.5) is 15.8 Å². The van der Waals surface area contributed by atoms with Gasteiger partial charge in [-0.1, -0.05) is 0 Å². The maximum Gasteiger partial charge on any atom is 0.272 e. The summed E-state index contributed by atoms with van der Waals surface area (Å²) in [6, 6.07) is 5.59. The van der Waals surface area contributed by atoms with Crippen LogP contribution in [0.25, 0.3) is 0 Å². The number of hydrogen-bond donors (Lipinski definition) is 1. The molecule has 7 heteroatoms. The summed E-state index contributed by atoms with van der Waals surface area (Å²) in [5, 5.41) is 17.8. The van der Waals surface area contributed by atoms with Crippen molar-refractivity contribution in [1.82, 2.24) is 9.78 Å². The van der Waals surface area contributed by atoms with Gasteiger partial charge in [-0.05, 0) is 32.4 Å². The summed E-state index contributed by atoms with van der Waals surface area (Å²) < 4.78 is 15.5. The highest BCUT2D eigenvalue weighted by Gasteiger charge is 2.10. The van der Waals surface area contributed by atoms with Gasteiger partial charge in [0.2, 0.25) is 0 Å². The van der Waals surface area contributed by atoms with Gasteiger partial charge in [-0.25, -0.2) is 4.39 Å². The molecule has 0 atom stereocenters. The van der Waals surface area contributed by atoms with Crippen molar-refractivity contribution in [3.8, 4) is 0 Å². The zero-order valence-electron chi connectivity index (χ0n) is 12.0. The molecule has 112 valence electrons. The van der Waals surface area contributed by atoms with Crippen LogP contribution in [0.1, 0.15) is 17.8 Å². The molecule has 0 aliphatic carbocycles. The molecule has 0 aliphatic rings. The van der Waals surface area contributed by atoms with Gasteiger partial charge in [0.15, 0.2) is 5.82 Å². The van der Waals surface area contributed by atoms with E-state index in [-0.39, 0.29) is 11.4 Å². The molecule has 0 saturated carbocycles. The Morgan fingerprint density at radius 1 is 1.38 bits per heavy atom. The molecule has 0 unspecified atom stereocenters. The molecule has 6 nitrogen and oxygen atoms in total. The SMILES string of the molecule is Cc1cc(C)n(CCCNc2ccc([N+](=O)[O-])cc2F)n1.